The Morgan fingerprint density at radius 3 is 2.12 bits per heavy atom. The van der Waals surface area contributed by atoms with Crippen molar-refractivity contribution >= 4 is 29.6 Å². The number of piperidine rings is 1. The van der Waals surface area contributed by atoms with Gasteiger partial charge in [-0.15, -0.1) is 0 Å². The number of hydrogen-bond donors (Lipinski definition) is 4. The average molecular weight is 460 g/mol. The van der Waals surface area contributed by atoms with E-state index in [4.69, 9.17) is 0 Å². The molecule has 1 aromatic rings. The highest BCUT2D eigenvalue weighted by atomic mass is 16.5. The third kappa shape index (κ3) is 7.65. The molecule has 0 atom stereocenters. The number of amides is 5. The molecule has 1 saturated heterocycles. The van der Waals surface area contributed by atoms with Crippen LogP contribution in [0.3, 0.4) is 0 Å². The SMILES string of the molecule is COC(=O)CNC(=O)c1ccc(NC(=O)N2CCC(NC(=O)NC3CCCCC3)CC2)cc1. The molecular weight excluding hydrogens is 426 g/mol. The van der Waals surface area contributed by atoms with Crippen molar-refractivity contribution in [1.29, 1.82) is 0 Å². The van der Waals surface area contributed by atoms with Gasteiger partial charge in [-0.05, 0) is 49.9 Å². The molecule has 3 rings (SSSR count). The summed E-state index contributed by atoms with van der Waals surface area (Å²) in [6.07, 6.45) is 7.08. The molecule has 1 aromatic carbocycles. The number of carbonyl (C=O) groups excluding carboxylic acids is 4. The van der Waals surface area contributed by atoms with E-state index < -0.39 is 11.9 Å². The third-order valence-electron chi connectivity index (χ3n) is 6.08. The minimum Gasteiger partial charge on any atom is -0.468 e. The van der Waals surface area contributed by atoms with Crippen LogP contribution in [0.5, 0.6) is 0 Å². The second-order valence-electron chi connectivity index (χ2n) is 8.48. The van der Waals surface area contributed by atoms with Gasteiger partial charge in [0.25, 0.3) is 5.91 Å². The molecule has 0 unspecified atom stereocenters. The van der Waals surface area contributed by atoms with Crippen LogP contribution in [0.1, 0.15) is 55.3 Å². The molecule has 1 heterocycles. The van der Waals surface area contributed by atoms with Crippen LogP contribution in [0.2, 0.25) is 0 Å². The first-order valence-corrected chi connectivity index (χ1v) is 11.5. The summed E-state index contributed by atoms with van der Waals surface area (Å²) in [7, 11) is 1.25. The van der Waals surface area contributed by atoms with Crippen molar-refractivity contribution in [3.05, 3.63) is 29.8 Å². The second kappa shape index (κ2) is 12.1. The van der Waals surface area contributed by atoms with E-state index in [1.54, 1.807) is 29.2 Å². The van der Waals surface area contributed by atoms with E-state index in [2.05, 4.69) is 26.0 Å². The van der Waals surface area contributed by atoms with Crippen LogP contribution in [0.4, 0.5) is 15.3 Å². The Bertz CT molecular complexity index is 830. The number of hydrogen-bond acceptors (Lipinski definition) is 5. The molecule has 0 radical (unpaired) electrons. The van der Waals surface area contributed by atoms with E-state index in [1.807, 2.05) is 0 Å². The Balaban J connectivity index is 1.38. The number of esters is 1. The third-order valence-corrected chi connectivity index (χ3v) is 6.08. The van der Waals surface area contributed by atoms with Gasteiger partial charge in [0.2, 0.25) is 0 Å². The Morgan fingerprint density at radius 1 is 0.909 bits per heavy atom. The predicted octanol–water partition coefficient (Wildman–Crippen LogP) is 2.22. The predicted molar refractivity (Wildman–Crippen MR) is 123 cm³/mol. The van der Waals surface area contributed by atoms with Gasteiger partial charge in [0.15, 0.2) is 0 Å². The van der Waals surface area contributed by atoms with Crippen LogP contribution in [-0.4, -0.2) is 67.7 Å². The number of methoxy groups -OCH3 is 1. The molecule has 0 aromatic heterocycles. The Hall–Kier alpha value is -3.30. The molecule has 0 spiro atoms. The zero-order valence-electron chi connectivity index (χ0n) is 19.0. The smallest absolute Gasteiger partial charge is 0.325 e. The van der Waals surface area contributed by atoms with Gasteiger partial charge in [-0.1, -0.05) is 19.3 Å². The maximum Gasteiger partial charge on any atom is 0.325 e. The van der Waals surface area contributed by atoms with Crippen LogP contribution in [-0.2, 0) is 9.53 Å². The molecular formula is C23H33N5O5. The summed E-state index contributed by atoms with van der Waals surface area (Å²) in [5.74, 6) is -0.934. The van der Waals surface area contributed by atoms with Crippen molar-refractivity contribution in [3.63, 3.8) is 0 Å². The summed E-state index contributed by atoms with van der Waals surface area (Å²) in [4.78, 5) is 49.7. The summed E-state index contributed by atoms with van der Waals surface area (Å²) < 4.78 is 4.48. The summed E-state index contributed by atoms with van der Waals surface area (Å²) in [5, 5.41) is 11.4. The fourth-order valence-electron chi connectivity index (χ4n) is 4.12. The number of likely N-dealkylation sites (tertiary alicyclic amines) is 1. The normalized spacial score (nSPS) is 17.1. The maximum atomic E-state index is 12.6. The lowest BCUT2D eigenvalue weighted by Gasteiger charge is -2.33. The first-order chi connectivity index (χ1) is 15.9. The van der Waals surface area contributed by atoms with Crippen molar-refractivity contribution in [2.75, 3.05) is 32.1 Å². The van der Waals surface area contributed by atoms with E-state index in [9.17, 15) is 19.2 Å². The fourth-order valence-corrected chi connectivity index (χ4v) is 4.12. The molecule has 2 fully saturated rings. The van der Waals surface area contributed by atoms with Crippen molar-refractivity contribution < 1.29 is 23.9 Å². The summed E-state index contributed by atoms with van der Waals surface area (Å²) in [6.45, 7) is 0.892. The van der Waals surface area contributed by atoms with Crippen LogP contribution < -0.4 is 21.3 Å². The van der Waals surface area contributed by atoms with Crippen molar-refractivity contribution in [3.8, 4) is 0 Å². The molecule has 180 valence electrons. The minimum absolute atomic E-state index is 0.0560. The topological polar surface area (TPSA) is 129 Å². The molecule has 1 aliphatic heterocycles. The molecule has 10 nitrogen and oxygen atoms in total. The molecule has 1 aliphatic carbocycles. The maximum absolute atomic E-state index is 12.6. The van der Waals surface area contributed by atoms with Crippen LogP contribution in [0.25, 0.3) is 0 Å². The van der Waals surface area contributed by atoms with Gasteiger partial charge in [0.05, 0.1) is 7.11 Å². The van der Waals surface area contributed by atoms with Gasteiger partial charge < -0.3 is 30.9 Å². The lowest BCUT2D eigenvalue weighted by atomic mass is 9.96. The molecule has 4 N–H and O–H groups in total. The highest BCUT2D eigenvalue weighted by Gasteiger charge is 2.25. The monoisotopic (exact) mass is 459 g/mol. The fraction of sp³-hybridized carbons (Fsp3) is 0.565. The van der Waals surface area contributed by atoms with E-state index in [1.165, 1.54) is 26.4 Å². The molecule has 1 saturated carbocycles. The molecule has 2 aliphatic rings. The minimum atomic E-state index is -0.531. The Labute approximate surface area is 193 Å². The number of nitrogens with zero attached hydrogens (tertiary/aromatic N) is 1. The van der Waals surface area contributed by atoms with E-state index in [0.717, 1.165) is 12.8 Å². The first-order valence-electron chi connectivity index (χ1n) is 11.5. The summed E-state index contributed by atoms with van der Waals surface area (Å²) >= 11 is 0. The van der Waals surface area contributed by atoms with Gasteiger partial charge in [-0.2, -0.15) is 0 Å². The summed E-state index contributed by atoms with van der Waals surface area (Å²) in [6, 6.07) is 6.41. The van der Waals surface area contributed by atoms with Gasteiger partial charge in [-0.3, -0.25) is 9.59 Å². The van der Waals surface area contributed by atoms with Crippen LogP contribution in [0.15, 0.2) is 24.3 Å². The zero-order valence-corrected chi connectivity index (χ0v) is 19.0. The number of rotatable bonds is 6. The molecule has 0 bridgehead atoms. The summed E-state index contributed by atoms with van der Waals surface area (Å²) in [5.41, 5.74) is 0.937. The average Bonchev–Trinajstić information content (AvgIpc) is 2.83. The first kappa shape index (κ1) is 24.3. The highest BCUT2D eigenvalue weighted by Crippen LogP contribution is 2.18. The zero-order chi connectivity index (χ0) is 23.6. The number of anilines is 1. The van der Waals surface area contributed by atoms with Crippen molar-refractivity contribution in [2.45, 2.75) is 57.0 Å². The Morgan fingerprint density at radius 2 is 1.52 bits per heavy atom. The number of urea groups is 2. The van der Waals surface area contributed by atoms with Crippen molar-refractivity contribution in [1.82, 2.24) is 20.9 Å². The van der Waals surface area contributed by atoms with Crippen LogP contribution >= 0.6 is 0 Å². The highest BCUT2D eigenvalue weighted by molar-refractivity contribution is 5.97. The van der Waals surface area contributed by atoms with Gasteiger partial charge in [0, 0.05) is 36.4 Å². The van der Waals surface area contributed by atoms with Gasteiger partial charge in [-0.25, -0.2) is 9.59 Å². The Kier molecular flexibility index (Phi) is 8.91. The lowest BCUT2D eigenvalue weighted by Crippen LogP contribution is -2.51. The molecule has 5 amide bonds. The molecule has 10 heteroatoms. The lowest BCUT2D eigenvalue weighted by molar-refractivity contribution is -0.139. The van der Waals surface area contributed by atoms with Crippen LogP contribution in [0, 0.1) is 0 Å². The standard InChI is InChI=1S/C23H33N5O5/c1-33-20(29)15-24-21(30)16-7-9-18(10-8-16)27-23(32)28-13-11-19(12-14-28)26-22(31)25-17-5-3-2-4-6-17/h7-10,17,19H,2-6,11-15H2,1H3,(H,24,30)(H,27,32)(H2,25,26,31). The second-order valence-corrected chi connectivity index (χ2v) is 8.48. The van der Waals surface area contributed by atoms with E-state index in [-0.39, 0.29) is 30.7 Å². The van der Waals surface area contributed by atoms with Gasteiger partial charge in [0.1, 0.15) is 6.54 Å². The van der Waals surface area contributed by atoms with E-state index in [0.29, 0.717) is 37.2 Å². The van der Waals surface area contributed by atoms with Crippen molar-refractivity contribution in [2.24, 2.45) is 0 Å². The largest absolute Gasteiger partial charge is 0.468 e. The quantitative estimate of drug-likeness (QED) is 0.485. The number of carbonyl (C=O) groups is 4. The number of ether oxygens (including phenoxy) is 1. The number of nitrogens with one attached hydrogen (secondary N) is 4. The molecule has 33 heavy (non-hydrogen) atoms. The van der Waals surface area contributed by atoms with E-state index >= 15 is 0 Å². The van der Waals surface area contributed by atoms with Gasteiger partial charge >= 0.3 is 18.0 Å². The number of benzene rings is 1.